The van der Waals surface area contributed by atoms with Gasteiger partial charge in [0.1, 0.15) is 24.4 Å². The third kappa shape index (κ3) is 4.54. The second-order valence-corrected chi connectivity index (χ2v) is 8.60. The molecule has 0 amide bonds. The zero-order chi connectivity index (χ0) is 20.6. The molecule has 158 valence electrons. The van der Waals surface area contributed by atoms with E-state index in [1.165, 1.54) is 0 Å². The highest BCUT2D eigenvalue weighted by Crippen LogP contribution is 2.48. The lowest BCUT2D eigenvalue weighted by Crippen LogP contribution is -2.59. The van der Waals surface area contributed by atoms with Crippen molar-refractivity contribution < 1.29 is 40.1 Å². The molecular weight excluding hydrogens is 356 g/mol. The van der Waals surface area contributed by atoms with E-state index in [1.54, 1.807) is 19.1 Å². The Morgan fingerprint density at radius 1 is 1.15 bits per heavy atom. The van der Waals surface area contributed by atoms with Gasteiger partial charge in [0.25, 0.3) is 0 Å². The van der Waals surface area contributed by atoms with Gasteiger partial charge in [-0.3, -0.25) is 0 Å². The van der Waals surface area contributed by atoms with Crippen LogP contribution in [-0.4, -0.2) is 85.8 Å². The Labute approximate surface area is 160 Å². The van der Waals surface area contributed by atoms with E-state index in [2.05, 4.69) is 0 Å². The summed E-state index contributed by atoms with van der Waals surface area (Å²) in [5.74, 6) is -0.160. The molecule has 0 aromatic heterocycles. The van der Waals surface area contributed by atoms with E-state index in [9.17, 15) is 30.6 Å². The van der Waals surface area contributed by atoms with Gasteiger partial charge in [-0.25, -0.2) is 0 Å². The molecule has 1 aliphatic heterocycles. The fourth-order valence-corrected chi connectivity index (χ4v) is 4.20. The fraction of sp³-hybridized carbons (Fsp3) is 0.895. The first-order chi connectivity index (χ1) is 12.4. The number of aliphatic hydroxyl groups is 6. The molecular formula is C19H34O8. The maximum atomic E-state index is 11.2. The summed E-state index contributed by atoms with van der Waals surface area (Å²) in [5, 5.41) is 60.1. The van der Waals surface area contributed by atoms with E-state index in [0.29, 0.717) is 12.8 Å². The van der Waals surface area contributed by atoms with Gasteiger partial charge in [-0.1, -0.05) is 32.9 Å². The van der Waals surface area contributed by atoms with E-state index in [-0.39, 0.29) is 5.92 Å². The molecule has 1 heterocycles. The summed E-state index contributed by atoms with van der Waals surface area (Å²) < 4.78 is 10.9. The molecule has 2 aliphatic rings. The highest BCUT2D eigenvalue weighted by Gasteiger charge is 2.50. The van der Waals surface area contributed by atoms with Gasteiger partial charge in [0, 0.05) is 0 Å². The molecule has 6 N–H and O–H groups in total. The van der Waals surface area contributed by atoms with Gasteiger partial charge in [0.15, 0.2) is 6.29 Å². The summed E-state index contributed by atoms with van der Waals surface area (Å²) in [5.41, 5.74) is -1.68. The summed E-state index contributed by atoms with van der Waals surface area (Å²) in [6, 6.07) is 0. The van der Waals surface area contributed by atoms with Crippen LogP contribution in [0.3, 0.4) is 0 Å². The maximum absolute atomic E-state index is 11.2. The molecule has 27 heavy (non-hydrogen) atoms. The minimum atomic E-state index is -1.50. The van der Waals surface area contributed by atoms with Gasteiger partial charge in [-0.2, -0.15) is 0 Å². The summed E-state index contributed by atoms with van der Waals surface area (Å²) in [4.78, 5) is 0. The molecule has 2 fully saturated rings. The van der Waals surface area contributed by atoms with Crippen molar-refractivity contribution in [3.05, 3.63) is 12.2 Å². The van der Waals surface area contributed by atoms with Crippen molar-refractivity contribution in [3.8, 4) is 0 Å². The van der Waals surface area contributed by atoms with Crippen LogP contribution in [0.15, 0.2) is 12.2 Å². The van der Waals surface area contributed by atoms with Gasteiger partial charge in [0.2, 0.25) is 0 Å². The number of hydrogen-bond donors (Lipinski definition) is 6. The van der Waals surface area contributed by atoms with Crippen LogP contribution in [0.4, 0.5) is 0 Å². The Morgan fingerprint density at radius 2 is 1.78 bits per heavy atom. The summed E-state index contributed by atoms with van der Waals surface area (Å²) in [6.45, 7) is 6.86. The molecule has 8 heteroatoms. The molecule has 0 aromatic carbocycles. The van der Waals surface area contributed by atoms with Crippen LogP contribution in [0, 0.1) is 11.3 Å². The highest BCUT2D eigenvalue weighted by molar-refractivity contribution is 5.15. The summed E-state index contributed by atoms with van der Waals surface area (Å²) in [7, 11) is 0. The van der Waals surface area contributed by atoms with Gasteiger partial charge < -0.3 is 40.1 Å². The molecule has 8 nitrogen and oxygen atoms in total. The Bertz CT molecular complexity index is 522. The third-order valence-corrected chi connectivity index (χ3v) is 6.03. The van der Waals surface area contributed by atoms with Gasteiger partial charge in [-0.05, 0) is 31.1 Å². The monoisotopic (exact) mass is 390 g/mol. The Hall–Kier alpha value is -0.580. The Kier molecular flexibility index (Phi) is 7.08. The molecule has 9 atom stereocenters. The summed E-state index contributed by atoms with van der Waals surface area (Å²) in [6.07, 6.45) is -3.42. The van der Waals surface area contributed by atoms with E-state index >= 15 is 0 Å². The average molecular weight is 390 g/mol. The first kappa shape index (κ1) is 22.7. The van der Waals surface area contributed by atoms with Gasteiger partial charge in [-0.15, -0.1) is 0 Å². The highest BCUT2D eigenvalue weighted by atomic mass is 16.7. The minimum absolute atomic E-state index is 0.160. The molecule has 0 bridgehead atoms. The quantitative estimate of drug-likeness (QED) is 0.339. The zero-order valence-electron chi connectivity index (χ0n) is 16.4. The minimum Gasteiger partial charge on any atom is -0.394 e. The standard InChI is InChI=1S/C19H34O8/c1-10-7-12(21)8-18(3,4)19(10,25)6-5-11(2)26-17-16(24)15(23)14(22)13(9-20)27-17/h5-6,10-17,20-25H,7-9H2,1-4H3/b6-5+/t10-,11-,12-,13+,14-,15-,16-,17+,19+/m1/s1. The first-order valence-electron chi connectivity index (χ1n) is 9.48. The second-order valence-electron chi connectivity index (χ2n) is 8.60. The van der Waals surface area contributed by atoms with Crippen LogP contribution in [0.2, 0.25) is 0 Å². The van der Waals surface area contributed by atoms with E-state index in [4.69, 9.17) is 9.47 Å². The number of rotatable bonds is 5. The van der Waals surface area contributed by atoms with E-state index in [0.717, 1.165) is 0 Å². The predicted molar refractivity (Wildman–Crippen MR) is 96.6 cm³/mol. The number of ether oxygens (including phenoxy) is 2. The molecule has 1 aliphatic carbocycles. The molecule has 0 unspecified atom stereocenters. The third-order valence-electron chi connectivity index (χ3n) is 6.03. The average Bonchev–Trinajstić information content (AvgIpc) is 2.58. The van der Waals surface area contributed by atoms with Crippen molar-refractivity contribution >= 4 is 0 Å². The second kappa shape index (κ2) is 8.42. The van der Waals surface area contributed by atoms with Crippen LogP contribution in [0.1, 0.15) is 40.5 Å². The molecule has 0 aromatic rings. The Balaban J connectivity index is 2.07. The zero-order valence-corrected chi connectivity index (χ0v) is 16.4. The number of aliphatic hydroxyl groups excluding tert-OH is 5. The van der Waals surface area contributed by atoms with Crippen LogP contribution in [-0.2, 0) is 9.47 Å². The van der Waals surface area contributed by atoms with Crippen molar-refractivity contribution in [2.75, 3.05) is 6.61 Å². The Morgan fingerprint density at radius 3 is 2.33 bits per heavy atom. The van der Waals surface area contributed by atoms with Crippen LogP contribution < -0.4 is 0 Å². The lowest BCUT2D eigenvalue weighted by molar-refractivity contribution is -0.306. The summed E-state index contributed by atoms with van der Waals surface area (Å²) >= 11 is 0. The number of hydrogen-bond acceptors (Lipinski definition) is 8. The van der Waals surface area contributed by atoms with E-state index < -0.39 is 60.5 Å². The largest absolute Gasteiger partial charge is 0.394 e. The van der Waals surface area contributed by atoms with Crippen molar-refractivity contribution in [1.29, 1.82) is 0 Å². The predicted octanol–water partition coefficient (Wildman–Crippen LogP) is -0.704. The van der Waals surface area contributed by atoms with E-state index in [1.807, 2.05) is 20.8 Å². The molecule has 1 saturated carbocycles. The van der Waals surface area contributed by atoms with Crippen LogP contribution in [0.5, 0.6) is 0 Å². The smallest absolute Gasteiger partial charge is 0.187 e. The van der Waals surface area contributed by atoms with Crippen molar-refractivity contribution in [2.24, 2.45) is 11.3 Å². The van der Waals surface area contributed by atoms with Crippen molar-refractivity contribution in [1.82, 2.24) is 0 Å². The van der Waals surface area contributed by atoms with Crippen molar-refractivity contribution in [3.63, 3.8) is 0 Å². The van der Waals surface area contributed by atoms with Crippen molar-refractivity contribution in [2.45, 2.75) is 89.1 Å². The van der Waals surface area contributed by atoms with Crippen LogP contribution >= 0.6 is 0 Å². The normalized spacial score (nSPS) is 46.5. The first-order valence-corrected chi connectivity index (χ1v) is 9.48. The molecule has 0 spiro atoms. The SMILES string of the molecule is C[C@H](/C=C/[C@]1(O)[C@H](C)C[C@@H](O)CC1(C)C)O[C@H]1O[C@@H](CO)[C@@H](O)[C@@H](O)[C@H]1O. The lowest BCUT2D eigenvalue weighted by atomic mass is 9.60. The topological polar surface area (TPSA) is 140 Å². The lowest BCUT2D eigenvalue weighted by Gasteiger charge is -2.50. The maximum Gasteiger partial charge on any atom is 0.187 e. The fourth-order valence-electron chi connectivity index (χ4n) is 4.20. The van der Waals surface area contributed by atoms with Gasteiger partial charge >= 0.3 is 0 Å². The molecule has 2 rings (SSSR count). The molecule has 1 saturated heterocycles. The molecule has 0 radical (unpaired) electrons. The van der Waals surface area contributed by atoms with Crippen LogP contribution in [0.25, 0.3) is 0 Å². The van der Waals surface area contributed by atoms with Gasteiger partial charge in [0.05, 0.1) is 24.4 Å².